The molecule has 2 amide bonds. The highest BCUT2D eigenvalue weighted by molar-refractivity contribution is 5.92. The van der Waals surface area contributed by atoms with Gasteiger partial charge in [-0.15, -0.1) is 5.10 Å². The number of nitrogens with zero attached hydrogens (tertiary/aromatic N) is 4. The van der Waals surface area contributed by atoms with Gasteiger partial charge in [-0.1, -0.05) is 47.7 Å². The molecule has 0 saturated carbocycles. The molecule has 0 bridgehead atoms. The van der Waals surface area contributed by atoms with E-state index >= 15 is 0 Å². The molecule has 0 spiro atoms. The molecule has 3 rings (SSSR count). The second-order valence-corrected chi connectivity index (χ2v) is 5.75. The third-order valence-corrected chi connectivity index (χ3v) is 3.95. The van der Waals surface area contributed by atoms with Crippen LogP contribution >= 0.6 is 0 Å². The molecular formula is C17H19N5O2. The Morgan fingerprint density at radius 1 is 1.29 bits per heavy atom. The largest absolute Gasteiger partial charge is 0.368 e. The number of hydrogen-bond acceptors (Lipinski definition) is 4. The van der Waals surface area contributed by atoms with Gasteiger partial charge in [0.25, 0.3) is 5.91 Å². The van der Waals surface area contributed by atoms with Gasteiger partial charge in [-0.25, -0.2) is 4.68 Å². The minimum atomic E-state index is -0.524. The summed E-state index contributed by atoms with van der Waals surface area (Å²) in [4.78, 5) is 25.3. The first kappa shape index (κ1) is 15.9. The standard InChI is InChI=1S/C17H19N5O2/c18-16(23)12-21-11-15(19-20-21)17(24)22-10-4-7-14(22)9-8-13-5-2-1-3-6-13/h1-3,5-6,8-9,11,14H,4,7,10,12H2,(H2,18,23)/b9-8+. The number of carbonyl (C=O) groups is 2. The maximum Gasteiger partial charge on any atom is 0.276 e. The van der Waals surface area contributed by atoms with E-state index in [-0.39, 0.29) is 24.2 Å². The molecule has 124 valence electrons. The first-order chi connectivity index (χ1) is 11.6. The average Bonchev–Trinajstić information content (AvgIpc) is 3.22. The third kappa shape index (κ3) is 3.68. The Balaban J connectivity index is 1.70. The molecule has 2 aromatic rings. The van der Waals surface area contributed by atoms with E-state index in [1.165, 1.54) is 10.9 Å². The van der Waals surface area contributed by atoms with E-state index in [0.717, 1.165) is 18.4 Å². The predicted octanol–water partition coefficient (Wildman–Crippen LogP) is 1.08. The van der Waals surface area contributed by atoms with E-state index in [2.05, 4.69) is 10.3 Å². The van der Waals surface area contributed by atoms with Crippen LogP contribution in [0.15, 0.2) is 42.6 Å². The van der Waals surface area contributed by atoms with Gasteiger partial charge in [-0.05, 0) is 18.4 Å². The Morgan fingerprint density at radius 3 is 2.83 bits per heavy atom. The van der Waals surface area contributed by atoms with Gasteiger partial charge in [0.05, 0.1) is 12.2 Å². The number of carbonyl (C=O) groups excluding carboxylic acids is 2. The third-order valence-electron chi connectivity index (χ3n) is 3.95. The van der Waals surface area contributed by atoms with Crippen LogP contribution in [-0.4, -0.2) is 44.3 Å². The lowest BCUT2D eigenvalue weighted by molar-refractivity contribution is -0.118. The molecule has 7 nitrogen and oxygen atoms in total. The number of primary amides is 1. The van der Waals surface area contributed by atoms with E-state index < -0.39 is 5.91 Å². The van der Waals surface area contributed by atoms with Crippen molar-refractivity contribution in [1.29, 1.82) is 0 Å². The van der Waals surface area contributed by atoms with Gasteiger partial charge in [0.2, 0.25) is 5.91 Å². The molecule has 1 fully saturated rings. The van der Waals surface area contributed by atoms with Crippen molar-refractivity contribution in [1.82, 2.24) is 19.9 Å². The first-order valence-corrected chi connectivity index (χ1v) is 7.86. The zero-order chi connectivity index (χ0) is 16.9. The van der Waals surface area contributed by atoms with Gasteiger partial charge >= 0.3 is 0 Å². The fourth-order valence-electron chi connectivity index (χ4n) is 2.81. The molecule has 1 aromatic carbocycles. The number of amides is 2. The summed E-state index contributed by atoms with van der Waals surface area (Å²) in [7, 11) is 0. The molecular weight excluding hydrogens is 306 g/mol. The fourth-order valence-corrected chi connectivity index (χ4v) is 2.81. The maximum absolute atomic E-state index is 12.6. The number of likely N-dealkylation sites (tertiary alicyclic amines) is 1. The minimum Gasteiger partial charge on any atom is -0.368 e. The van der Waals surface area contributed by atoms with E-state index in [1.54, 1.807) is 4.90 Å². The van der Waals surface area contributed by atoms with Gasteiger partial charge in [0.1, 0.15) is 6.54 Å². The van der Waals surface area contributed by atoms with Crippen LogP contribution in [0.1, 0.15) is 28.9 Å². The number of benzene rings is 1. The van der Waals surface area contributed by atoms with Crippen LogP contribution in [0.3, 0.4) is 0 Å². The second kappa shape index (κ2) is 7.08. The quantitative estimate of drug-likeness (QED) is 0.890. The number of aromatic nitrogens is 3. The molecule has 0 radical (unpaired) electrons. The summed E-state index contributed by atoms with van der Waals surface area (Å²) in [6, 6.07) is 10.0. The van der Waals surface area contributed by atoms with Crippen molar-refractivity contribution in [2.24, 2.45) is 5.73 Å². The van der Waals surface area contributed by atoms with Crippen LogP contribution in [0.4, 0.5) is 0 Å². The Morgan fingerprint density at radius 2 is 2.08 bits per heavy atom. The van der Waals surface area contributed by atoms with Crippen molar-refractivity contribution in [3.05, 3.63) is 53.9 Å². The SMILES string of the molecule is NC(=O)Cn1cc(C(=O)N2CCCC2/C=C/c2ccccc2)nn1. The van der Waals surface area contributed by atoms with Crippen molar-refractivity contribution >= 4 is 17.9 Å². The van der Waals surface area contributed by atoms with Crippen LogP contribution in [0.5, 0.6) is 0 Å². The van der Waals surface area contributed by atoms with Crippen LogP contribution < -0.4 is 5.73 Å². The summed E-state index contributed by atoms with van der Waals surface area (Å²) >= 11 is 0. The highest BCUT2D eigenvalue weighted by Crippen LogP contribution is 2.21. The topological polar surface area (TPSA) is 94.1 Å². The zero-order valence-electron chi connectivity index (χ0n) is 13.2. The Bertz CT molecular complexity index is 753. The molecule has 7 heteroatoms. The number of hydrogen-bond donors (Lipinski definition) is 1. The maximum atomic E-state index is 12.6. The summed E-state index contributed by atoms with van der Waals surface area (Å²) < 4.78 is 1.28. The summed E-state index contributed by atoms with van der Waals surface area (Å²) in [5.41, 5.74) is 6.45. The van der Waals surface area contributed by atoms with Crippen molar-refractivity contribution in [3.63, 3.8) is 0 Å². The minimum absolute atomic E-state index is 0.0407. The second-order valence-electron chi connectivity index (χ2n) is 5.75. The van der Waals surface area contributed by atoms with Crippen molar-refractivity contribution in [3.8, 4) is 0 Å². The molecule has 1 aliphatic rings. The van der Waals surface area contributed by atoms with Crippen LogP contribution in [0.25, 0.3) is 6.08 Å². The van der Waals surface area contributed by atoms with E-state index in [4.69, 9.17) is 5.73 Å². The van der Waals surface area contributed by atoms with Gasteiger partial charge in [-0.2, -0.15) is 0 Å². The molecule has 1 saturated heterocycles. The Hall–Kier alpha value is -2.96. The molecule has 2 N–H and O–H groups in total. The van der Waals surface area contributed by atoms with Crippen molar-refractivity contribution < 1.29 is 9.59 Å². The lowest BCUT2D eigenvalue weighted by atomic mass is 10.1. The molecule has 0 aliphatic carbocycles. The van der Waals surface area contributed by atoms with E-state index in [0.29, 0.717) is 6.54 Å². The Kier molecular flexibility index (Phi) is 4.69. The Labute approximate surface area is 139 Å². The normalized spacial score (nSPS) is 17.5. The lowest BCUT2D eigenvalue weighted by Crippen LogP contribution is -2.34. The van der Waals surface area contributed by atoms with Crippen molar-refractivity contribution in [2.75, 3.05) is 6.54 Å². The average molecular weight is 325 g/mol. The molecule has 24 heavy (non-hydrogen) atoms. The van der Waals surface area contributed by atoms with Crippen LogP contribution in [0.2, 0.25) is 0 Å². The highest BCUT2D eigenvalue weighted by Gasteiger charge is 2.29. The van der Waals surface area contributed by atoms with Crippen LogP contribution in [0, 0.1) is 0 Å². The molecule has 1 unspecified atom stereocenters. The van der Waals surface area contributed by atoms with Crippen LogP contribution in [-0.2, 0) is 11.3 Å². The molecule has 2 heterocycles. The van der Waals surface area contributed by atoms with E-state index in [1.807, 2.05) is 42.5 Å². The first-order valence-electron chi connectivity index (χ1n) is 7.86. The smallest absolute Gasteiger partial charge is 0.276 e. The number of rotatable bonds is 5. The summed E-state index contributed by atoms with van der Waals surface area (Å²) in [5, 5.41) is 7.62. The lowest BCUT2D eigenvalue weighted by Gasteiger charge is -2.20. The van der Waals surface area contributed by atoms with E-state index in [9.17, 15) is 9.59 Å². The molecule has 1 aliphatic heterocycles. The van der Waals surface area contributed by atoms with Crippen molar-refractivity contribution in [2.45, 2.75) is 25.4 Å². The van der Waals surface area contributed by atoms with Gasteiger partial charge in [0, 0.05) is 6.54 Å². The van der Waals surface area contributed by atoms with Gasteiger partial charge in [0.15, 0.2) is 5.69 Å². The highest BCUT2D eigenvalue weighted by atomic mass is 16.2. The summed E-state index contributed by atoms with van der Waals surface area (Å²) in [6.07, 6.45) is 7.41. The molecule has 1 atom stereocenters. The van der Waals surface area contributed by atoms with Gasteiger partial charge < -0.3 is 10.6 Å². The van der Waals surface area contributed by atoms with Gasteiger partial charge in [-0.3, -0.25) is 9.59 Å². The monoisotopic (exact) mass is 325 g/mol. The summed E-state index contributed by atoms with van der Waals surface area (Å²) in [5.74, 6) is -0.699. The summed E-state index contributed by atoms with van der Waals surface area (Å²) in [6.45, 7) is 0.600. The zero-order valence-corrected chi connectivity index (χ0v) is 13.2. The predicted molar refractivity (Wildman–Crippen MR) is 88.8 cm³/mol. The molecule has 1 aromatic heterocycles. The fraction of sp³-hybridized carbons (Fsp3) is 0.294. The number of nitrogens with two attached hydrogens (primary N) is 1.